The van der Waals surface area contributed by atoms with Crippen molar-refractivity contribution in [2.24, 2.45) is 12.8 Å². The molecule has 3 nitrogen and oxygen atoms in total. The van der Waals surface area contributed by atoms with E-state index in [1.807, 2.05) is 23.9 Å². The summed E-state index contributed by atoms with van der Waals surface area (Å²) in [4.78, 5) is 4.30. The van der Waals surface area contributed by atoms with Crippen LogP contribution in [0, 0.1) is 6.92 Å². The zero-order valence-corrected chi connectivity index (χ0v) is 11.6. The second-order valence-corrected chi connectivity index (χ2v) is 5.14. The fourth-order valence-corrected chi connectivity index (χ4v) is 2.39. The van der Waals surface area contributed by atoms with Gasteiger partial charge in [-0.15, -0.1) is 0 Å². The van der Waals surface area contributed by atoms with E-state index >= 15 is 0 Å². The molecule has 4 heteroatoms. The Morgan fingerprint density at radius 2 is 2.24 bits per heavy atom. The molecule has 1 heterocycles. The number of hydrogen-bond donors (Lipinski definition) is 1. The van der Waals surface area contributed by atoms with E-state index in [1.165, 1.54) is 5.56 Å². The Hall–Kier alpha value is -1.13. The molecule has 90 valence electrons. The number of nitrogens with two attached hydrogens (primary N) is 1. The summed E-state index contributed by atoms with van der Waals surface area (Å²) in [6.45, 7) is 2.07. The van der Waals surface area contributed by atoms with Gasteiger partial charge in [-0.25, -0.2) is 4.98 Å². The van der Waals surface area contributed by atoms with Crippen LogP contribution in [-0.4, -0.2) is 9.55 Å². The quantitative estimate of drug-likeness (QED) is 0.946. The average Bonchev–Trinajstić information content (AvgIpc) is 2.68. The van der Waals surface area contributed by atoms with Gasteiger partial charge in [0, 0.05) is 36.4 Å². The SMILES string of the molecule is Cc1ccc(Br)c(C(N)Cc2nccn2C)c1. The molecule has 0 fully saturated rings. The van der Waals surface area contributed by atoms with Crippen LogP contribution in [0.1, 0.15) is 23.0 Å². The molecule has 0 saturated carbocycles. The smallest absolute Gasteiger partial charge is 0.110 e. The number of rotatable bonds is 3. The third-order valence-corrected chi connectivity index (χ3v) is 3.60. The van der Waals surface area contributed by atoms with Crippen LogP contribution < -0.4 is 5.73 Å². The van der Waals surface area contributed by atoms with E-state index in [2.05, 4.69) is 40.0 Å². The molecule has 0 radical (unpaired) electrons. The number of hydrogen-bond acceptors (Lipinski definition) is 2. The maximum Gasteiger partial charge on any atom is 0.110 e. The molecular formula is C13H16BrN3. The van der Waals surface area contributed by atoms with Crippen molar-refractivity contribution in [2.75, 3.05) is 0 Å². The molecule has 2 rings (SSSR count). The summed E-state index contributed by atoms with van der Waals surface area (Å²) in [5, 5.41) is 0. The number of aryl methyl sites for hydroxylation is 2. The zero-order valence-electron chi connectivity index (χ0n) is 10.0. The van der Waals surface area contributed by atoms with Crippen LogP contribution >= 0.6 is 15.9 Å². The lowest BCUT2D eigenvalue weighted by Crippen LogP contribution is -2.16. The molecule has 0 saturated heterocycles. The van der Waals surface area contributed by atoms with Gasteiger partial charge >= 0.3 is 0 Å². The van der Waals surface area contributed by atoms with Crippen molar-refractivity contribution in [2.45, 2.75) is 19.4 Å². The first-order valence-corrected chi connectivity index (χ1v) is 6.35. The molecule has 0 aliphatic carbocycles. The first-order chi connectivity index (χ1) is 8.08. The van der Waals surface area contributed by atoms with Crippen molar-refractivity contribution < 1.29 is 0 Å². The van der Waals surface area contributed by atoms with Crippen LogP contribution in [-0.2, 0) is 13.5 Å². The van der Waals surface area contributed by atoms with Gasteiger partial charge in [0.15, 0.2) is 0 Å². The van der Waals surface area contributed by atoms with Crippen LogP contribution in [0.3, 0.4) is 0 Å². The van der Waals surface area contributed by atoms with Gasteiger partial charge in [-0.1, -0.05) is 33.6 Å². The third kappa shape index (κ3) is 2.76. The van der Waals surface area contributed by atoms with E-state index < -0.39 is 0 Å². The Balaban J connectivity index is 2.23. The van der Waals surface area contributed by atoms with Gasteiger partial charge in [-0.3, -0.25) is 0 Å². The van der Waals surface area contributed by atoms with E-state index in [9.17, 15) is 0 Å². The summed E-state index contributed by atoms with van der Waals surface area (Å²) in [6, 6.07) is 6.20. The molecule has 1 aromatic heterocycles. The molecule has 0 bridgehead atoms. The highest BCUT2D eigenvalue weighted by Gasteiger charge is 2.13. The fraction of sp³-hybridized carbons (Fsp3) is 0.308. The summed E-state index contributed by atoms with van der Waals surface area (Å²) in [5.74, 6) is 1.01. The van der Waals surface area contributed by atoms with E-state index in [1.54, 1.807) is 6.20 Å². The molecule has 1 unspecified atom stereocenters. The van der Waals surface area contributed by atoms with Crippen LogP contribution in [0.4, 0.5) is 0 Å². The predicted octanol–water partition coefficient (Wildman–Crippen LogP) is 2.73. The second kappa shape index (κ2) is 5.02. The lowest BCUT2D eigenvalue weighted by molar-refractivity contribution is 0.657. The topological polar surface area (TPSA) is 43.8 Å². The monoisotopic (exact) mass is 293 g/mol. The molecule has 1 aromatic carbocycles. The molecule has 1 atom stereocenters. The van der Waals surface area contributed by atoms with Crippen LogP contribution in [0.2, 0.25) is 0 Å². The van der Waals surface area contributed by atoms with Crippen LogP contribution in [0.5, 0.6) is 0 Å². The lowest BCUT2D eigenvalue weighted by atomic mass is 10.0. The van der Waals surface area contributed by atoms with Crippen molar-refractivity contribution in [3.05, 3.63) is 52.0 Å². The minimum absolute atomic E-state index is 0.0367. The number of imidazole rings is 1. The summed E-state index contributed by atoms with van der Waals surface area (Å²) in [6.07, 6.45) is 4.48. The normalized spacial score (nSPS) is 12.7. The summed E-state index contributed by atoms with van der Waals surface area (Å²) < 4.78 is 3.06. The maximum atomic E-state index is 6.24. The molecule has 0 spiro atoms. The molecule has 17 heavy (non-hydrogen) atoms. The highest BCUT2D eigenvalue weighted by Crippen LogP contribution is 2.25. The highest BCUT2D eigenvalue weighted by molar-refractivity contribution is 9.10. The molecule has 0 aliphatic rings. The molecule has 0 aliphatic heterocycles. The van der Waals surface area contributed by atoms with Gasteiger partial charge in [0.25, 0.3) is 0 Å². The average molecular weight is 294 g/mol. The van der Waals surface area contributed by atoms with Gasteiger partial charge in [-0.2, -0.15) is 0 Å². The highest BCUT2D eigenvalue weighted by atomic mass is 79.9. The number of halogens is 1. The van der Waals surface area contributed by atoms with Crippen LogP contribution in [0.25, 0.3) is 0 Å². The molecule has 2 N–H and O–H groups in total. The summed E-state index contributed by atoms with van der Waals surface area (Å²) in [5.41, 5.74) is 8.59. The van der Waals surface area contributed by atoms with Crippen molar-refractivity contribution in [1.82, 2.24) is 9.55 Å². The predicted molar refractivity (Wildman–Crippen MR) is 72.7 cm³/mol. The fourth-order valence-electron chi connectivity index (χ4n) is 1.85. The largest absolute Gasteiger partial charge is 0.338 e. The number of aromatic nitrogens is 2. The van der Waals surface area contributed by atoms with Gasteiger partial charge in [-0.05, 0) is 18.6 Å². The third-order valence-electron chi connectivity index (χ3n) is 2.87. The molecular weight excluding hydrogens is 278 g/mol. The Bertz CT molecular complexity index is 519. The van der Waals surface area contributed by atoms with E-state index in [4.69, 9.17) is 5.73 Å². The van der Waals surface area contributed by atoms with Gasteiger partial charge in [0.1, 0.15) is 5.82 Å². The van der Waals surface area contributed by atoms with E-state index in [-0.39, 0.29) is 6.04 Å². The molecule has 2 aromatic rings. The van der Waals surface area contributed by atoms with Crippen LogP contribution in [0.15, 0.2) is 35.1 Å². The second-order valence-electron chi connectivity index (χ2n) is 4.29. The van der Waals surface area contributed by atoms with Gasteiger partial charge in [0.05, 0.1) is 0 Å². The minimum Gasteiger partial charge on any atom is -0.338 e. The maximum absolute atomic E-state index is 6.24. The van der Waals surface area contributed by atoms with Crippen molar-refractivity contribution >= 4 is 15.9 Å². The number of nitrogens with zero attached hydrogens (tertiary/aromatic N) is 2. The Kier molecular flexibility index (Phi) is 3.64. The van der Waals surface area contributed by atoms with E-state index in [0.29, 0.717) is 0 Å². The Morgan fingerprint density at radius 1 is 1.47 bits per heavy atom. The Morgan fingerprint density at radius 3 is 2.88 bits per heavy atom. The Labute approximate surface area is 110 Å². The standard InChI is InChI=1S/C13H16BrN3/c1-9-3-4-11(14)10(7-9)12(15)8-13-16-5-6-17(13)2/h3-7,12H,8,15H2,1-2H3. The van der Waals surface area contributed by atoms with Gasteiger partial charge in [0.2, 0.25) is 0 Å². The first-order valence-electron chi connectivity index (χ1n) is 5.55. The lowest BCUT2D eigenvalue weighted by Gasteiger charge is -2.14. The van der Waals surface area contributed by atoms with Crippen molar-refractivity contribution in [3.8, 4) is 0 Å². The van der Waals surface area contributed by atoms with E-state index in [0.717, 1.165) is 22.3 Å². The van der Waals surface area contributed by atoms with Gasteiger partial charge < -0.3 is 10.3 Å². The van der Waals surface area contributed by atoms with Crippen molar-refractivity contribution in [1.29, 1.82) is 0 Å². The molecule has 0 amide bonds. The number of benzene rings is 1. The minimum atomic E-state index is -0.0367. The zero-order chi connectivity index (χ0) is 12.4. The van der Waals surface area contributed by atoms with Crippen molar-refractivity contribution in [3.63, 3.8) is 0 Å². The summed E-state index contributed by atoms with van der Waals surface area (Å²) in [7, 11) is 1.99. The summed E-state index contributed by atoms with van der Waals surface area (Å²) >= 11 is 3.55. The first kappa shape index (κ1) is 12.3.